The van der Waals surface area contributed by atoms with Crippen molar-refractivity contribution in [1.82, 2.24) is 5.43 Å². The predicted octanol–water partition coefficient (Wildman–Crippen LogP) is 5.46. The van der Waals surface area contributed by atoms with Crippen LogP contribution >= 0.6 is 23.2 Å². The summed E-state index contributed by atoms with van der Waals surface area (Å²) < 4.78 is 5.43. The molecule has 0 radical (unpaired) electrons. The molecule has 1 aliphatic heterocycles. The normalized spacial score (nSPS) is 16.7. The van der Waals surface area contributed by atoms with Crippen LogP contribution in [0, 0.1) is 0 Å². The Kier molecular flexibility index (Phi) is 5.20. The molecule has 0 fully saturated rings. The molecule has 0 saturated carbocycles. The van der Waals surface area contributed by atoms with Gasteiger partial charge in [-0.2, -0.15) is 0 Å². The summed E-state index contributed by atoms with van der Waals surface area (Å²) in [6, 6.07) is 19.8. The van der Waals surface area contributed by atoms with Gasteiger partial charge in [-0.1, -0.05) is 59.6 Å². The van der Waals surface area contributed by atoms with E-state index in [4.69, 9.17) is 27.6 Å². The Bertz CT molecular complexity index is 1270. The largest absolute Gasteiger partial charge is 0.464 e. The second-order valence-corrected chi connectivity index (χ2v) is 8.26. The number of aliphatic hydroxyl groups is 1. The second kappa shape index (κ2) is 8.02. The zero-order valence-electron chi connectivity index (χ0n) is 16.3. The highest BCUT2D eigenvalue weighted by Crippen LogP contribution is 2.46. The van der Waals surface area contributed by atoms with E-state index < -0.39 is 12.0 Å². The van der Waals surface area contributed by atoms with E-state index in [0.29, 0.717) is 21.3 Å². The van der Waals surface area contributed by atoms with Crippen molar-refractivity contribution in [3.8, 4) is 0 Å². The fourth-order valence-electron chi connectivity index (χ4n) is 4.08. The van der Waals surface area contributed by atoms with Crippen molar-refractivity contribution in [2.75, 3.05) is 11.6 Å². The van der Waals surface area contributed by atoms with Crippen molar-refractivity contribution in [3.05, 3.63) is 99.7 Å². The van der Waals surface area contributed by atoms with Gasteiger partial charge < -0.3 is 9.52 Å². The first kappa shape index (κ1) is 20.1. The van der Waals surface area contributed by atoms with Crippen LogP contribution in [0.15, 0.2) is 77.4 Å². The number of amides is 1. The fraction of sp³-hybridized carbons (Fsp3) is 0.125. The Morgan fingerprint density at radius 2 is 1.87 bits per heavy atom. The molecule has 0 spiro atoms. The summed E-state index contributed by atoms with van der Waals surface area (Å²) in [6.07, 6.45) is 1.62. The number of hydrogen-bond donors (Lipinski definition) is 2. The van der Waals surface area contributed by atoms with Gasteiger partial charge in [0, 0.05) is 21.0 Å². The SMILES string of the molecule is O=C1C(c2ccc3occc3c2)c2c(Cl)cc(Cl)cc2N1N[C@H](CO)c1ccccc1. The summed E-state index contributed by atoms with van der Waals surface area (Å²) in [5, 5.41) is 13.2. The number of rotatable bonds is 5. The van der Waals surface area contributed by atoms with Gasteiger partial charge in [0.15, 0.2) is 0 Å². The molecule has 31 heavy (non-hydrogen) atoms. The Balaban J connectivity index is 1.60. The number of aliphatic hydroxyl groups excluding tert-OH is 1. The van der Waals surface area contributed by atoms with Crippen LogP contribution in [-0.2, 0) is 4.79 Å². The molecular weight excluding hydrogens is 435 g/mol. The average Bonchev–Trinajstić information content (AvgIpc) is 3.34. The van der Waals surface area contributed by atoms with E-state index in [2.05, 4.69) is 5.43 Å². The third-order valence-electron chi connectivity index (χ3n) is 5.55. The fourth-order valence-corrected chi connectivity index (χ4v) is 4.67. The van der Waals surface area contributed by atoms with Crippen LogP contribution in [-0.4, -0.2) is 17.6 Å². The first-order chi connectivity index (χ1) is 15.1. The number of anilines is 1. The smallest absolute Gasteiger partial charge is 0.253 e. The Morgan fingerprint density at radius 3 is 2.65 bits per heavy atom. The number of benzene rings is 3. The van der Waals surface area contributed by atoms with Crippen molar-refractivity contribution in [2.24, 2.45) is 0 Å². The van der Waals surface area contributed by atoms with Crippen molar-refractivity contribution < 1.29 is 14.3 Å². The summed E-state index contributed by atoms with van der Waals surface area (Å²) in [5.74, 6) is -0.807. The van der Waals surface area contributed by atoms with E-state index in [-0.39, 0.29) is 12.5 Å². The van der Waals surface area contributed by atoms with Crippen molar-refractivity contribution in [2.45, 2.75) is 12.0 Å². The number of nitrogens with zero attached hydrogens (tertiary/aromatic N) is 1. The second-order valence-electron chi connectivity index (χ2n) is 7.42. The van der Waals surface area contributed by atoms with Crippen LogP contribution in [0.25, 0.3) is 11.0 Å². The third-order valence-corrected chi connectivity index (χ3v) is 6.08. The van der Waals surface area contributed by atoms with Gasteiger partial charge in [-0.3, -0.25) is 4.79 Å². The molecule has 4 aromatic rings. The number of carbonyl (C=O) groups excluding carboxylic acids is 1. The highest BCUT2D eigenvalue weighted by Gasteiger charge is 2.41. The van der Waals surface area contributed by atoms with Crippen LogP contribution in [0.1, 0.15) is 28.7 Å². The lowest BCUT2D eigenvalue weighted by Crippen LogP contribution is -2.44. The number of carbonyl (C=O) groups is 1. The first-order valence-corrected chi connectivity index (χ1v) is 10.5. The number of hydrogen-bond acceptors (Lipinski definition) is 4. The van der Waals surface area contributed by atoms with Crippen molar-refractivity contribution in [3.63, 3.8) is 0 Å². The molecule has 3 aromatic carbocycles. The van der Waals surface area contributed by atoms with Gasteiger partial charge >= 0.3 is 0 Å². The molecular formula is C24H18Cl2N2O3. The molecule has 156 valence electrons. The van der Waals surface area contributed by atoms with Gasteiger partial charge in [0.05, 0.1) is 30.5 Å². The van der Waals surface area contributed by atoms with Crippen LogP contribution in [0.5, 0.6) is 0 Å². The monoisotopic (exact) mass is 452 g/mol. The van der Waals surface area contributed by atoms with Gasteiger partial charge in [-0.25, -0.2) is 10.4 Å². The molecule has 2 heterocycles. The lowest BCUT2D eigenvalue weighted by Gasteiger charge is -2.26. The van der Waals surface area contributed by atoms with E-state index in [1.165, 1.54) is 5.01 Å². The number of furan rings is 1. The minimum atomic E-state index is -0.610. The maximum Gasteiger partial charge on any atom is 0.253 e. The van der Waals surface area contributed by atoms with Crippen LogP contribution in [0.2, 0.25) is 10.0 Å². The highest BCUT2D eigenvalue weighted by atomic mass is 35.5. The molecule has 0 bridgehead atoms. The molecule has 0 aliphatic carbocycles. The summed E-state index contributed by atoms with van der Waals surface area (Å²) in [4.78, 5) is 13.6. The van der Waals surface area contributed by atoms with Crippen LogP contribution in [0.3, 0.4) is 0 Å². The Labute approximate surface area is 188 Å². The molecule has 7 heteroatoms. The van der Waals surface area contributed by atoms with E-state index in [1.807, 2.05) is 54.6 Å². The van der Waals surface area contributed by atoms with Crippen molar-refractivity contribution >= 4 is 45.8 Å². The van der Waals surface area contributed by atoms with E-state index in [1.54, 1.807) is 18.4 Å². The minimum Gasteiger partial charge on any atom is -0.464 e. The Morgan fingerprint density at radius 1 is 1.06 bits per heavy atom. The first-order valence-electron chi connectivity index (χ1n) is 9.79. The molecule has 2 atom stereocenters. The number of halogens is 2. The lowest BCUT2D eigenvalue weighted by molar-refractivity contribution is -0.119. The van der Waals surface area contributed by atoms with E-state index >= 15 is 0 Å². The number of fused-ring (bicyclic) bond motifs is 2. The third kappa shape index (κ3) is 3.50. The van der Waals surface area contributed by atoms with E-state index in [9.17, 15) is 9.90 Å². The predicted molar refractivity (Wildman–Crippen MR) is 121 cm³/mol. The quantitative estimate of drug-likeness (QED) is 0.422. The molecule has 1 aliphatic rings. The molecule has 5 nitrogen and oxygen atoms in total. The summed E-state index contributed by atoms with van der Waals surface area (Å²) in [6.45, 7) is -0.191. The molecule has 0 saturated heterocycles. The van der Waals surface area contributed by atoms with Gasteiger partial charge in [-0.05, 0) is 41.5 Å². The average molecular weight is 453 g/mol. The number of hydrazine groups is 1. The number of nitrogens with one attached hydrogen (secondary N) is 1. The summed E-state index contributed by atoms with van der Waals surface area (Å²) >= 11 is 12.9. The molecule has 2 N–H and O–H groups in total. The highest BCUT2D eigenvalue weighted by molar-refractivity contribution is 6.36. The van der Waals surface area contributed by atoms with Crippen molar-refractivity contribution in [1.29, 1.82) is 0 Å². The maximum absolute atomic E-state index is 13.6. The van der Waals surface area contributed by atoms with Crippen LogP contribution < -0.4 is 10.4 Å². The topological polar surface area (TPSA) is 65.7 Å². The van der Waals surface area contributed by atoms with Gasteiger partial charge in [0.1, 0.15) is 5.58 Å². The molecule has 1 amide bonds. The minimum absolute atomic E-state index is 0.191. The molecule has 1 aromatic heterocycles. The molecule has 1 unspecified atom stereocenters. The standard InChI is InChI=1S/C24H18Cl2N2O3/c25-17-11-18(26)23-20(12-17)28(27-19(13-29)14-4-2-1-3-5-14)24(30)22(23)16-6-7-21-15(10-16)8-9-31-21/h1-12,19,22,27,29H,13H2/t19-,22?/m1/s1. The molecule has 5 rings (SSSR count). The van der Waals surface area contributed by atoms with Gasteiger partial charge in [-0.15, -0.1) is 0 Å². The summed E-state index contributed by atoms with van der Waals surface area (Å²) in [5.41, 5.74) is 6.83. The van der Waals surface area contributed by atoms with Gasteiger partial charge in [0.25, 0.3) is 5.91 Å². The zero-order chi connectivity index (χ0) is 21.5. The van der Waals surface area contributed by atoms with Gasteiger partial charge in [0.2, 0.25) is 0 Å². The van der Waals surface area contributed by atoms with E-state index in [0.717, 1.165) is 22.1 Å². The lowest BCUT2D eigenvalue weighted by atomic mass is 9.92. The zero-order valence-corrected chi connectivity index (χ0v) is 17.8. The summed E-state index contributed by atoms with van der Waals surface area (Å²) in [7, 11) is 0. The Hall–Kier alpha value is -2.83. The van der Waals surface area contributed by atoms with Crippen LogP contribution in [0.4, 0.5) is 5.69 Å². The maximum atomic E-state index is 13.6.